The van der Waals surface area contributed by atoms with E-state index in [0.717, 1.165) is 18.5 Å². The molecule has 0 saturated carbocycles. The molecule has 2 heterocycles. The highest BCUT2D eigenvalue weighted by Crippen LogP contribution is 2.39. The van der Waals surface area contributed by atoms with Crippen LogP contribution in [0.25, 0.3) is 5.57 Å². The normalized spacial score (nSPS) is 23.8. The van der Waals surface area contributed by atoms with E-state index in [1.165, 1.54) is 30.0 Å². The van der Waals surface area contributed by atoms with Gasteiger partial charge in [-0.05, 0) is 48.1 Å². The molecule has 0 N–H and O–H groups in total. The van der Waals surface area contributed by atoms with E-state index in [9.17, 15) is 4.39 Å². The SMILES string of the molecule is Fc1ccc(C2=CC3CCC(C2)N3Cc2ccccc2)cc1Cl. The van der Waals surface area contributed by atoms with Gasteiger partial charge in [-0.3, -0.25) is 4.90 Å². The molecule has 2 aromatic carbocycles. The lowest BCUT2D eigenvalue weighted by Crippen LogP contribution is -2.37. The van der Waals surface area contributed by atoms with Crippen molar-refractivity contribution in [2.24, 2.45) is 0 Å². The molecule has 2 aromatic rings. The zero-order valence-electron chi connectivity index (χ0n) is 12.9. The van der Waals surface area contributed by atoms with Crippen LogP contribution in [-0.2, 0) is 6.54 Å². The number of rotatable bonds is 3. The third-order valence-electron chi connectivity index (χ3n) is 5.04. The summed E-state index contributed by atoms with van der Waals surface area (Å²) in [5.41, 5.74) is 3.74. The van der Waals surface area contributed by atoms with E-state index in [1.807, 2.05) is 6.07 Å². The predicted molar refractivity (Wildman–Crippen MR) is 92.8 cm³/mol. The predicted octanol–water partition coefficient (Wildman–Crippen LogP) is 5.30. The highest BCUT2D eigenvalue weighted by Gasteiger charge is 2.36. The quantitative estimate of drug-likeness (QED) is 0.739. The van der Waals surface area contributed by atoms with Gasteiger partial charge in [-0.15, -0.1) is 0 Å². The average Bonchev–Trinajstić information content (AvgIpc) is 2.80. The Morgan fingerprint density at radius 1 is 1.09 bits per heavy atom. The van der Waals surface area contributed by atoms with Gasteiger partial charge in [0.1, 0.15) is 5.82 Å². The average molecular weight is 328 g/mol. The van der Waals surface area contributed by atoms with Gasteiger partial charge in [-0.25, -0.2) is 4.39 Å². The second-order valence-electron chi connectivity index (χ2n) is 6.48. The van der Waals surface area contributed by atoms with Crippen LogP contribution in [0.5, 0.6) is 0 Å². The minimum Gasteiger partial charge on any atom is -0.289 e. The van der Waals surface area contributed by atoms with Crippen LogP contribution in [-0.4, -0.2) is 17.0 Å². The second-order valence-corrected chi connectivity index (χ2v) is 6.89. The van der Waals surface area contributed by atoms with Crippen LogP contribution in [0, 0.1) is 5.82 Å². The van der Waals surface area contributed by atoms with Crippen LogP contribution in [0.3, 0.4) is 0 Å². The monoisotopic (exact) mass is 327 g/mol. The molecule has 2 aliphatic heterocycles. The fraction of sp³-hybridized carbons (Fsp3) is 0.300. The van der Waals surface area contributed by atoms with Crippen LogP contribution >= 0.6 is 11.6 Å². The molecular formula is C20H19ClFN. The lowest BCUT2D eigenvalue weighted by Gasteiger charge is -2.34. The zero-order chi connectivity index (χ0) is 15.8. The van der Waals surface area contributed by atoms with Gasteiger partial charge < -0.3 is 0 Å². The smallest absolute Gasteiger partial charge is 0.141 e. The maximum absolute atomic E-state index is 13.4. The molecule has 0 amide bonds. The van der Waals surface area contributed by atoms with Crippen molar-refractivity contribution in [1.29, 1.82) is 0 Å². The van der Waals surface area contributed by atoms with E-state index in [2.05, 4.69) is 41.3 Å². The summed E-state index contributed by atoms with van der Waals surface area (Å²) in [5, 5.41) is 0.211. The number of halogens is 2. The van der Waals surface area contributed by atoms with Crippen LogP contribution in [0.1, 0.15) is 30.4 Å². The lowest BCUT2D eigenvalue weighted by atomic mass is 9.94. The molecule has 23 heavy (non-hydrogen) atoms. The Morgan fingerprint density at radius 2 is 1.91 bits per heavy atom. The van der Waals surface area contributed by atoms with Gasteiger partial charge >= 0.3 is 0 Å². The molecule has 3 heteroatoms. The van der Waals surface area contributed by atoms with Crippen molar-refractivity contribution in [1.82, 2.24) is 4.90 Å². The number of hydrogen-bond donors (Lipinski definition) is 0. The van der Waals surface area contributed by atoms with Gasteiger partial charge in [0, 0.05) is 18.6 Å². The molecule has 1 fully saturated rings. The van der Waals surface area contributed by atoms with Crippen molar-refractivity contribution in [3.05, 3.63) is 76.6 Å². The molecule has 0 spiro atoms. The molecule has 0 radical (unpaired) electrons. The van der Waals surface area contributed by atoms with Crippen molar-refractivity contribution in [3.63, 3.8) is 0 Å². The third kappa shape index (κ3) is 2.93. The van der Waals surface area contributed by atoms with Crippen molar-refractivity contribution in [3.8, 4) is 0 Å². The second kappa shape index (κ2) is 6.10. The largest absolute Gasteiger partial charge is 0.289 e. The van der Waals surface area contributed by atoms with Gasteiger partial charge in [0.2, 0.25) is 0 Å². The molecule has 118 valence electrons. The van der Waals surface area contributed by atoms with E-state index in [-0.39, 0.29) is 10.8 Å². The first-order valence-electron chi connectivity index (χ1n) is 8.16. The van der Waals surface area contributed by atoms with E-state index < -0.39 is 0 Å². The van der Waals surface area contributed by atoms with Crippen molar-refractivity contribution >= 4 is 17.2 Å². The van der Waals surface area contributed by atoms with Gasteiger partial charge in [-0.1, -0.05) is 54.1 Å². The topological polar surface area (TPSA) is 3.24 Å². The van der Waals surface area contributed by atoms with Gasteiger partial charge in [-0.2, -0.15) is 0 Å². The van der Waals surface area contributed by atoms with Crippen LogP contribution in [0.2, 0.25) is 5.02 Å². The number of benzene rings is 2. The van der Waals surface area contributed by atoms with E-state index in [4.69, 9.17) is 11.6 Å². The van der Waals surface area contributed by atoms with Crippen LogP contribution in [0.15, 0.2) is 54.6 Å². The van der Waals surface area contributed by atoms with E-state index in [0.29, 0.717) is 12.1 Å². The summed E-state index contributed by atoms with van der Waals surface area (Å²) in [4.78, 5) is 2.60. The van der Waals surface area contributed by atoms with E-state index in [1.54, 1.807) is 6.07 Å². The standard InChI is InChI=1S/C20H19ClFN/c21-19-12-15(6-9-20(19)22)16-10-17-7-8-18(11-16)23(17)13-14-4-2-1-3-5-14/h1-6,9-10,12,17-18H,7-8,11,13H2. The highest BCUT2D eigenvalue weighted by molar-refractivity contribution is 6.30. The molecular weight excluding hydrogens is 309 g/mol. The zero-order valence-corrected chi connectivity index (χ0v) is 13.6. The molecule has 0 aromatic heterocycles. The summed E-state index contributed by atoms with van der Waals surface area (Å²) in [7, 11) is 0. The summed E-state index contributed by atoms with van der Waals surface area (Å²) in [5.74, 6) is -0.347. The fourth-order valence-electron chi connectivity index (χ4n) is 3.87. The molecule has 1 saturated heterocycles. The first-order valence-corrected chi connectivity index (χ1v) is 8.54. The fourth-order valence-corrected chi connectivity index (χ4v) is 4.05. The maximum atomic E-state index is 13.4. The van der Waals surface area contributed by atoms with Crippen LogP contribution in [0.4, 0.5) is 4.39 Å². The summed E-state index contributed by atoms with van der Waals surface area (Å²) in [6.07, 6.45) is 5.81. The molecule has 2 atom stereocenters. The Bertz CT molecular complexity index is 741. The van der Waals surface area contributed by atoms with Crippen LogP contribution < -0.4 is 0 Å². The van der Waals surface area contributed by atoms with Crippen molar-refractivity contribution in [2.45, 2.75) is 37.9 Å². The Hall–Kier alpha value is -1.64. The Labute approximate surface area is 141 Å². The minimum atomic E-state index is -0.347. The maximum Gasteiger partial charge on any atom is 0.141 e. The van der Waals surface area contributed by atoms with Gasteiger partial charge in [0.25, 0.3) is 0 Å². The summed E-state index contributed by atoms with van der Waals surface area (Å²) in [6.45, 7) is 1.00. The Kier molecular flexibility index (Phi) is 3.96. The number of nitrogens with zero attached hydrogens (tertiary/aromatic N) is 1. The first kappa shape index (κ1) is 14.9. The molecule has 4 rings (SSSR count). The summed E-state index contributed by atoms with van der Waals surface area (Å²) in [6, 6.07) is 16.8. The third-order valence-corrected chi connectivity index (χ3v) is 5.33. The molecule has 0 aliphatic carbocycles. The summed E-state index contributed by atoms with van der Waals surface area (Å²) < 4.78 is 13.4. The Balaban J connectivity index is 1.58. The van der Waals surface area contributed by atoms with E-state index >= 15 is 0 Å². The molecule has 2 bridgehead atoms. The Morgan fingerprint density at radius 3 is 2.65 bits per heavy atom. The molecule has 1 nitrogen and oxygen atoms in total. The number of hydrogen-bond acceptors (Lipinski definition) is 1. The van der Waals surface area contributed by atoms with Crippen molar-refractivity contribution in [2.75, 3.05) is 0 Å². The lowest BCUT2D eigenvalue weighted by molar-refractivity contribution is 0.203. The molecule has 2 unspecified atom stereocenters. The number of fused-ring (bicyclic) bond motifs is 2. The first-order chi connectivity index (χ1) is 11.2. The highest BCUT2D eigenvalue weighted by atomic mass is 35.5. The van der Waals surface area contributed by atoms with Crippen molar-refractivity contribution < 1.29 is 4.39 Å². The van der Waals surface area contributed by atoms with Gasteiger partial charge in [0.05, 0.1) is 5.02 Å². The van der Waals surface area contributed by atoms with Gasteiger partial charge in [0.15, 0.2) is 0 Å². The minimum absolute atomic E-state index is 0.211. The molecule has 2 aliphatic rings. The summed E-state index contributed by atoms with van der Waals surface area (Å²) >= 11 is 5.94.